The number of hydrogen-bond donors (Lipinski definition) is 1. The molecule has 0 radical (unpaired) electrons. The Bertz CT molecular complexity index is 828. The van der Waals surface area contributed by atoms with Crippen molar-refractivity contribution < 1.29 is 23.1 Å². The predicted molar refractivity (Wildman–Crippen MR) is 111 cm³/mol. The van der Waals surface area contributed by atoms with E-state index >= 15 is 0 Å². The molecule has 1 atom stereocenters. The Morgan fingerprint density at radius 2 is 1.52 bits per heavy atom. The molecule has 3 rings (SSSR count). The van der Waals surface area contributed by atoms with E-state index in [1.165, 1.54) is 24.3 Å². The molecule has 170 valence electrons. The van der Waals surface area contributed by atoms with Crippen molar-refractivity contribution in [3.63, 3.8) is 0 Å². The Balaban J connectivity index is 1.69. The minimum Gasteiger partial charge on any atom is -0.376 e. The Morgan fingerprint density at radius 1 is 1.03 bits per heavy atom. The maximum atomic E-state index is 13.2. The van der Waals surface area contributed by atoms with Crippen LogP contribution in [0.3, 0.4) is 0 Å². The third-order valence-electron chi connectivity index (χ3n) is 6.73. The molecule has 2 saturated carbocycles. The maximum absolute atomic E-state index is 13.2. The fraction of sp³-hybridized carbons (Fsp3) is 0.667. The van der Waals surface area contributed by atoms with E-state index in [0.717, 1.165) is 44.9 Å². The van der Waals surface area contributed by atoms with Gasteiger partial charge in [-0.05, 0) is 89.3 Å². The van der Waals surface area contributed by atoms with Crippen molar-refractivity contribution in [1.82, 2.24) is 4.90 Å². The zero-order valence-electron chi connectivity index (χ0n) is 18.4. The van der Waals surface area contributed by atoms with Crippen LogP contribution in [0, 0.1) is 22.7 Å². The highest BCUT2D eigenvalue weighted by atomic mass is 19.4. The van der Waals surface area contributed by atoms with Crippen molar-refractivity contribution in [3.05, 3.63) is 35.4 Å². The van der Waals surface area contributed by atoms with Crippen LogP contribution < -0.4 is 0 Å². The largest absolute Gasteiger partial charge is 0.421 e. The van der Waals surface area contributed by atoms with Crippen molar-refractivity contribution in [3.8, 4) is 6.07 Å². The standard InChI is InChI=1S/C24H31F3N2O2/c1-22(2,15-28)14-16-4-10-19(11-5-16)29(20-12-13-20)21(30)17-6-8-18(9-7-17)23(3,31)24(25,26)27/h6-9,16,19-20,31H,4-5,10-14H2,1-3H3/t16-,19+,23-/m0/s1. The molecule has 0 aromatic heterocycles. The highest BCUT2D eigenvalue weighted by Gasteiger charge is 2.51. The highest BCUT2D eigenvalue weighted by molar-refractivity contribution is 5.95. The van der Waals surface area contributed by atoms with E-state index in [1.807, 2.05) is 18.7 Å². The second-order valence-electron chi connectivity index (χ2n) is 9.97. The lowest BCUT2D eigenvalue weighted by Crippen LogP contribution is -2.44. The van der Waals surface area contributed by atoms with Crippen LogP contribution in [-0.2, 0) is 5.60 Å². The smallest absolute Gasteiger partial charge is 0.376 e. The summed E-state index contributed by atoms with van der Waals surface area (Å²) in [7, 11) is 0. The molecule has 0 saturated heterocycles. The van der Waals surface area contributed by atoms with Crippen LogP contribution in [0.1, 0.15) is 81.6 Å². The van der Waals surface area contributed by atoms with Gasteiger partial charge in [0.2, 0.25) is 0 Å². The van der Waals surface area contributed by atoms with Gasteiger partial charge in [-0.1, -0.05) is 12.1 Å². The summed E-state index contributed by atoms with van der Waals surface area (Å²) in [5.41, 5.74) is -3.24. The van der Waals surface area contributed by atoms with Crippen LogP contribution in [0.2, 0.25) is 0 Å². The molecule has 2 aliphatic rings. The summed E-state index contributed by atoms with van der Waals surface area (Å²) < 4.78 is 39.2. The lowest BCUT2D eigenvalue weighted by atomic mass is 9.76. The zero-order valence-corrected chi connectivity index (χ0v) is 18.4. The summed E-state index contributed by atoms with van der Waals surface area (Å²) in [4.78, 5) is 15.2. The van der Waals surface area contributed by atoms with Gasteiger partial charge < -0.3 is 10.0 Å². The molecule has 1 N–H and O–H groups in total. The Morgan fingerprint density at radius 3 is 1.94 bits per heavy atom. The summed E-state index contributed by atoms with van der Waals surface area (Å²) in [6.45, 7) is 4.63. The Labute approximate surface area is 182 Å². The fourth-order valence-electron chi connectivity index (χ4n) is 4.63. The van der Waals surface area contributed by atoms with E-state index in [4.69, 9.17) is 0 Å². The number of benzene rings is 1. The molecule has 2 fully saturated rings. The molecule has 0 bridgehead atoms. The maximum Gasteiger partial charge on any atom is 0.421 e. The molecule has 0 heterocycles. The lowest BCUT2D eigenvalue weighted by molar-refractivity contribution is -0.258. The first-order chi connectivity index (χ1) is 14.4. The molecule has 1 amide bonds. The number of halogens is 3. The van der Waals surface area contributed by atoms with E-state index < -0.39 is 11.8 Å². The number of rotatable bonds is 6. The van der Waals surface area contributed by atoms with Crippen molar-refractivity contribution >= 4 is 5.91 Å². The van der Waals surface area contributed by atoms with Gasteiger partial charge >= 0.3 is 6.18 Å². The lowest BCUT2D eigenvalue weighted by Gasteiger charge is -2.38. The van der Waals surface area contributed by atoms with Crippen LogP contribution in [-0.4, -0.2) is 34.2 Å². The van der Waals surface area contributed by atoms with Gasteiger partial charge in [0.25, 0.3) is 5.91 Å². The van der Waals surface area contributed by atoms with Gasteiger partial charge in [-0.2, -0.15) is 18.4 Å². The van der Waals surface area contributed by atoms with Gasteiger partial charge in [0.15, 0.2) is 5.60 Å². The number of amides is 1. The van der Waals surface area contributed by atoms with Crippen LogP contribution in [0.15, 0.2) is 24.3 Å². The number of nitriles is 1. The average Bonchev–Trinajstić information content (AvgIpc) is 3.53. The number of alkyl halides is 3. The summed E-state index contributed by atoms with van der Waals surface area (Å²) in [5, 5.41) is 19.1. The van der Waals surface area contributed by atoms with Gasteiger partial charge in [-0.3, -0.25) is 4.79 Å². The molecule has 0 spiro atoms. The van der Waals surface area contributed by atoms with E-state index in [-0.39, 0.29) is 29.0 Å². The first-order valence-electron chi connectivity index (χ1n) is 11.0. The van der Waals surface area contributed by atoms with Crippen LogP contribution in [0.4, 0.5) is 13.2 Å². The molecule has 4 nitrogen and oxygen atoms in total. The summed E-state index contributed by atoms with van der Waals surface area (Å²) >= 11 is 0. The first kappa shape index (κ1) is 23.6. The van der Waals surface area contributed by atoms with Crippen LogP contribution >= 0.6 is 0 Å². The van der Waals surface area contributed by atoms with E-state index in [2.05, 4.69) is 6.07 Å². The average molecular weight is 437 g/mol. The molecule has 0 aliphatic heterocycles. The third-order valence-corrected chi connectivity index (χ3v) is 6.73. The molecule has 2 aliphatic carbocycles. The molecular weight excluding hydrogens is 405 g/mol. The van der Waals surface area contributed by atoms with Gasteiger partial charge in [0.05, 0.1) is 11.5 Å². The van der Waals surface area contributed by atoms with Gasteiger partial charge in [-0.25, -0.2) is 0 Å². The molecule has 0 unspecified atom stereocenters. The molecule has 7 heteroatoms. The predicted octanol–water partition coefficient (Wildman–Crippen LogP) is 5.56. The Hall–Kier alpha value is -2.07. The quantitative estimate of drug-likeness (QED) is 0.635. The molecule has 1 aromatic carbocycles. The van der Waals surface area contributed by atoms with E-state index in [0.29, 0.717) is 18.4 Å². The number of aliphatic hydroxyl groups is 1. The van der Waals surface area contributed by atoms with Crippen molar-refractivity contribution in [2.24, 2.45) is 11.3 Å². The van der Waals surface area contributed by atoms with Gasteiger partial charge in [-0.15, -0.1) is 0 Å². The summed E-state index contributed by atoms with van der Waals surface area (Å²) in [6.07, 6.45) is 1.68. The van der Waals surface area contributed by atoms with E-state index in [1.54, 1.807) is 0 Å². The monoisotopic (exact) mass is 436 g/mol. The Kier molecular flexibility index (Phi) is 6.44. The normalized spacial score (nSPS) is 24.2. The molecular formula is C24H31F3N2O2. The van der Waals surface area contributed by atoms with Crippen molar-refractivity contribution in [2.45, 2.75) is 89.6 Å². The highest BCUT2D eigenvalue weighted by Crippen LogP contribution is 2.41. The van der Waals surface area contributed by atoms with Gasteiger partial charge in [0.1, 0.15) is 0 Å². The van der Waals surface area contributed by atoms with Crippen LogP contribution in [0.25, 0.3) is 0 Å². The number of hydrogen-bond acceptors (Lipinski definition) is 3. The van der Waals surface area contributed by atoms with Crippen LogP contribution in [0.5, 0.6) is 0 Å². The van der Waals surface area contributed by atoms with Crippen molar-refractivity contribution in [1.29, 1.82) is 5.26 Å². The topological polar surface area (TPSA) is 64.3 Å². The number of nitrogens with zero attached hydrogens (tertiary/aromatic N) is 2. The first-order valence-corrected chi connectivity index (χ1v) is 11.0. The van der Waals surface area contributed by atoms with Crippen molar-refractivity contribution in [2.75, 3.05) is 0 Å². The molecule has 31 heavy (non-hydrogen) atoms. The third kappa shape index (κ3) is 5.23. The SMILES string of the molecule is CC(C)(C#N)C[C@H]1CC[C@@H](N(C(=O)c2ccc([C@](C)(O)C(F)(F)F)cc2)C2CC2)CC1. The fourth-order valence-corrected chi connectivity index (χ4v) is 4.63. The minimum atomic E-state index is -4.79. The zero-order chi connectivity index (χ0) is 23.0. The summed E-state index contributed by atoms with van der Waals surface area (Å²) in [6, 6.07) is 7.82. The van der Waals surface area contributed by atoms with Gasteiger partial charge in [0, 0.05) is 17.6 Å². The second-order valence-corrected chi connectivity index (χ2v) is 9.97. The minimum absolute atomic E-state index is 0.124. The number of carbonyl (C=O) groups is 1. The summed E-state index contributed by atoms with van der Waals surface area (Å²) in [5.74, 6) is 0.326. The second kappa shape index (κ2) is 8.46. The molecule has 1 aromatic rings. The number of carbonyl (C=O) groups excluding carboxylic acids is 1. The van der Waals surface area contributed by atoms with E-state index in [9.17, 15) is 28.3 Å².